The predicted octanol–water partition coefficient (Wildman–Crippen LogP) is 3.38. The van der Waals surface area contributed by atoms with Crippen LogP contribution in [0.15, 0.2) is 41.3 Å². The van der Waals surface area contributed by atoms with E-state index in [0.717, 1.165) is 18.1 Å². The number of anilines is 1. The summed E-state index contributed by atoms with van der Waals surface area (Å²) in [6, 6.07) is 7.31. The smallest absolute Gasteiger partial charge is 0.261 e. The van der Waals surface area contributed by atoms with Crippen molar-refractivity contribution in [3.63, 3.8) is 0 Å². The van der Waals surface area contributed by atoms with Crippen LogP contribution in [0, 0.1) is 11.6 Å². The first-order valence-electron chi connectivity index (χ1n) is 7.57. The third kappa shape index (κ3) is 4.14. The minimum absolute atomic E-state index is 0.0797. The summed E-state index contributed by atoms with van der Waals surface area (Å²) in [5, 5.41) is 0. The van der Waals surface area contributed by atoms with Crippen LogP contribution in [0.3, 0.4) is 0 Å². The fraction of sp³-hybridized carbons (Fsp3) is 0.235. The first kappa shape index (κ1) is 18.9. The molecule has 2 rings (SSSR count). The topological polar surface area (TPSA) is 89.3 Å². The summed E-state index contributed by atoms with van der Waals surface area (Å²) in [4.78, 5) is 11.1. The second kappa shape index (κ2) is 7.18. The van der Waals surface area contributed by atoms with Crippen LogP contribution in [0.5, 0.6) is 0 Å². The minimum Gasteiger partial charge on any atom is -0.366 e. The molecule has 0 fully saturated rings. The molecule has 134 valence electrons. The molecule has 1 amide bonds. The maximum absolute atomic E-state index is 13.8. The van der Waals surface area contributed by atoms with Crippen molar-refractivity contribution in [1.82, 2.24) is 0 Å². The van der Waals surface area contributed by atoms with Crippen LogP contribution >= 0.6 is 0 Å². The Morgan fingerprint density at radius 1 is 1.16 bits per heavy atom. The lowest BCUT2D eigenvalue weighted by atomic mass is 9.99. The van der Waals surface area contributed by atoms with E-state index in [1.807, 2.05) is 18.6 Å². The normalized spacial score (nSPS) is 12.6. The Bertz CT molecular complexity index is 897. The molecule has 0 aliphatic rings. The van der Waals surface area contributed by atoms with E-state index in [1.54, 1.807) is 12.1 Å². The fourth-order valence-electron chi connectivity index (χ4n) is 2.23. The fourth-order valence-corrected chi connectivity index (χ4v) is 3.29. The van der Waals surface area contributed by atoms with Crippen molar-refractivity contribution < 1.29 is 22.0 Å². The van der Waals surface area contributed by atoms with Crippen LogP contribution < -0.4 is 10.5 Å². The zero-order chi connectivity index (χ0) is 18.8. The number of carbonyl (C=O) groups is 1. The van der Waals surface area contributed by atoms with Crippen LogP contribution in [-0.4, -0.2) is 14.3 Å². The molecule has 0 aliphatic heterocycles. The molecule has 0 unspecified atom stereocenters. The predicted molar refractivity (Wildman–Crippen MR) is 90.8 cm³/mol. The average molecular weight is 368 g/mol. The van der Waals surface area contributed by atoms with E-state index in [9.17, 15) is 22.0 Å². The molecule has 0 bridgehead atoms. The number of amides is 1. The number of hydrogen-bond donors (Lipinski definition) is 2. The summed E-state index contributed by atoms with van der Waals surface area (Å²) >= 11 is 0. The van der Waals surface area contributed by atoms with E-state index in [0.29, 0.717) is 6.07 Å². The molecular weight excluding hydrogens is 350 g/mol. The molecule has 2 aromatic rings. The molecule has 8 heteroatoms. The van der Waals surface area contributed by atoms with E-state index < -0.39 is 38.8 Å². The van der Waals surface area contributed by atoms with Gasteiger partial charge in [-0.2, -0.15) is 0 Å². The largest absolute Gasteiger partial charge is 0.366 e. The molecule has 25 heavy (non-hydrogen) atoms. The van der Waals surface area contributed by atoms with Crippen molar-refractivity contribution in [2.75, 3.05) is 4.72 Å². The summed E-state index contributed by atoms with van der Waals surface area (Å²) in [6.07, 6.45) is 0.904. The SMILES string of the molecule is CC[C@@H](C)c1ccc(S(=O)(=O)Nc2cc(C(N)=O)c(F)cc2F)cc1. The highest BCUT2D eigenvalue weighted by Crippen LogP contribution is 2.24. The number of primary amides is 1. The second-order valence-corrected chi connectivity index (χ2v) is 7.34. The number of hydrogen-bond acceptors (Lipinski definition) is 3. The van der Waals surface area contributed by atoms with Crippen molar-refractivity contribution in [3.05, 3.63) is 59.2 Å². The molecule has 0 heterocycles. The molecule has 0 saturated carbocycles. The lowest BCUT2D eigenvalue weighted by Crippen LogP contribution is -2.17. The number of nitrogens with one attached hydrogen (secondary N) is 1. The summed E-state index contributed by atoms with van der Waals surface area (Å²) in [5.41, 5.74) is 4.81. The molecule has 2 aromatic carbocycles. The van der Waals surface area contributed by atoms with Gasteiger partial charge in [0.15, 0.2) is 0 Å². The van der Waals surface area contributed by atoms with Gasteiger partial charge < -0.3 is 5.73 Å². The van der Waals surface area contributed by atoms with Crippen molar-refractivity contribution in [2.45, 2.75) is 31.1 Å². The highest BCUT2D eigenvalue weighted by Gasteiger charge is 2.20. The highest BCUT2D eigenvalue weighted by molar-refractivity contribution is 7.92. The van der Waals surface area contributed by atoms with E-state index in [-0.39, 0.29) is 10.8 Å². The maximum Gasteiger partial charge on any atom is 0.261 e. The van der Waals surface area contributed by atoms with Gasteiger partial charge in [-0.25, -0.2) is 17.2 Å². The van der Waals surface area contributed by atoms with Gasteiger partial charge in [0.2, 0.25) is 0 Å². The maximum atomic E-state index is 13.8. The summed E-state index contributed by atoms with van der Waals surface area (Å²) in [7, 11) is -4.10. The number of sulfonamides is 1. The van der Waals surface area contributed by atoms with Crippen LogP contribution in [-0.2, 0) is 10.0 Å². The summed E-state index contributed by atoms with van der Waals surface area (Å²) in [6.45, 7) is 4.03. The van der Waals surface area contributed by atoms with Gasteiger partial charge in [0.05, 0.1) is 16.1 Å². The monoisotopic (exact) mass is 368 g/mol. The number of rotatable bonds is 6. The van der Waals surface area contributed by atoms with Crippen molar-refractivity contribution in [1.29, 1.82) is 0 Å². The molecule has 0 aliphatic carbocycles. The third-order valence-corrected chi connectivity index (χ3v) is 5.32. The Hall–Kier alpha value is -2.48. The number of halogens is 2. The Morgan fingerprint density at radius 2 is 1.76 bits per heavy atom. The Balaban J connectivity index is 2.36. The molecule has 1 atom stereocenters. The van der Waals surface area contributed by atoms with E-state index >= 15 is 0 Å². The Labute approximate surface area is 144 Å². The number of carbonyl (C=O) groups excluding carboxylic acids is 1. The molecule has 3 N–H and O–H groups in total. The number of benzene rings is 2. The van der Waals surface area contributed by atoms with Crippen molar-refractivity contribution in [2.24, 2.45) is 5.73 Å². The quantitative estimate of drug-likeness (QED) is 0.819. The van der Waals surface area contributed by atoms with Crippen LogP contribution in [0.2, 0.25) is 0 Å². The summed E-state index contributed by atoms with van der Waals surface area (Å²) < 4.78 is 54.1. The summed E-state index contributed by atoms with van der Waals surface area (Å²) in [5.74, 6) is -3.17. The molecular formula is C17H18F2N2O3S. The van der Waals surface area contributed by atoms with Gasteiger partial charge in [-0.3, -0.25) is 9.52 Å². The minimum atomic E-state index is -4.10. The first-order chi connectivity index (χ1) is 11.7. The van der Waals surface area contributed by atoms with E-state index in [1.165, 1.54) is 12.1 Å². The molecule has 5 nitrogen and oxygen atoms in total. The van der Waals surface area contributed by atoms with Gasteiger partial charge in [-0.1, -0.05) is 26.0 Å². The third-order valence-electron chi connectivity index (χ3n) is 3.94. The molecule has 0 spiro atoms. The van der Waals surface area contributed by atoms with Gasteiger partial charge in [0, 0.05) is 6.07 Å². The van der Waals surface area contributed by atoms with Crippen LogP contribution in [0.25, 0.3) is 0 Å². The first-order valence-corrected chi connectivity index (χ1v) is 9.05. The average Bonchev–Trinajstić information content (AvgIpc) is 2.56. The van der Waals surface area contributed by atoms with E-state index in [4.69, 9.17) is 5.73 Å². The standard InChI is InChI=1S/C17H18F2N2O3S/c1-3-10(2)11-4-6-12(7-5-11)25(23,24)21-16-8-13(17(20)22)14(18)9-15(16)19/h4-10,21H,3H2,1-2H3,(H2,20,22)/t10-/m1/s1. The van der Waals surface area contributed by atoms with Gasteiger partial charge in [0.1, 0.15) is 11.6 Å². The van der Waals surface area contributed by atoms with Crippen LogP contribution in [0.4, 0.5) is 14.5 Å². The number of nitrogens with two attached hydrogens (primary N) is 1. The second-order valence-electron chi connectivity index (χ2n) is 5.66. The molecule has 0 radical (unpaired) electrons. The molecule has 0 aromatic heterocycles. The van der Waals surface area contributed by atoms with Crippen LogP contribution in [0.1, 0.15) is 42.1 Å². The van der Waals surface area contributed by atoms with Gasteiger partial charge >= 0.3 is 0 Å². The van der Waals surface area contributed by atoms with Gasteiger partial charge in [0.25, 0.3) is 15.9 Å². The lowest BCUT2D eigenvalue weighted by molar-refractivity contribution is 0.0996. The van der Waals surface area contributed by atoms with Gasteiger partial charge in [-0.15, -0.1) is 0 Å². The highest BCUT2D eigenvalue weighted by atomic mass is 32.2. The lowest BCUT2D eigenvalue weighted by Gasteiger charge is -2.12. The zero-order valence-electron chi connectivity index (χ0n) is 13.7. The van der Waals surface area contributed by atoms with Crippen molar-refractivity contribution >= 4 is 21.6 Å². The Kier molecular flexibility index (Phi) is 5.42. The van der Waals surface area contributed by atoms with Crippen molar-refractivity contribution in [3.8, 4) is 0 Å². The Morgan fingerprint density at radius 3 is 2.28 bits per heavy atom. The van der Waals surface area contributed by atoms with E-state index in [2.05, 4.69) is 0 Å². The zero-order valence-corrected chi connectivity index (χ0v) is 14.5. The van der Waals surface area contributed by atoms with Gasteiger partial charge in [-0.05, 0) is 36.1 Å². The molecule has 0 saturated heterocycles.